The van der Waals surface area contributed by atoms with Gasteiger partial charge in [0.15, 0.2) is 0 Å². The number of halogens is 2. The Morgan fingerprint density at radius 3 is 2.23 bits per heavy atom. The van der Waals surface area contributed by atoms with Crippen molar-refractivity contribution < 1.29 is 18.7 Å². The van der Waals surface area contributed by atoms with Gasteiger partial charge in [-0.05, 0) is 57.5 Å². The van der Waals surface area contributed by atoms with Crippen LogP contribution in [0.15, 0.2) is 18.2 Å². The minimum absolute atomic E-state index is 0. The highest BCUT2D eigenvalue weighted by Crippen LogP contribution is 2.20. The van der Waals surface area contributed by atoms with Crippen LogP contribution in [-0.2, 0) is 4.74 Å². The quantitative estimate of drug-likeness (QED) is 0.347. The van der Waals surface area contributed by atoms with E-state index in [1.54, 1.807) is 0 Å². The monoisotopic (exact) mass is 389 g/mol. The Morgan fingerprint density at radius 1 is 1.04 bits per heavy atom. The summed E-state index contributed by atoms with van der Waals surface area (Å²) in [5.41, 5.74) is 0.149. The largest absolute Gasteiger partial charge is 0.493 e. The summed E-state index contributed by atoms with van der Waals surface area (Å²) in [6.45, 7) is 10.0. The predicted octanol–water partition coefficient (Wildman–Crippen LogP) is 5.10. The summed E-state index contributed by atoms with van der Waals surface area (Å²) in [4.78, 5) is 14.6. The van der Waals surface area contributed by atoms with E-state index in [1.807, 2.05) is 6.92 Å². The Hall–Kier alpha value is -1.33. The first-order valence-corrected chi connectivity index (χ1v) is 9.44. The molecule has 26 heavy (non-hydrogen) atoms. The lowest BCUT2D eigenvalue weighted by molar-refractivity contribution is 0.0482. The second-order valence-electron chi connectivity index (χ2n) is 6.11. The maximum atomic E-state index is 13.4. The van der Waals surface area contributed by atoms with Gasteiger partial charge in [-0.1, -0.05) is 26.7 Å². The van der Waals surface area contributed by atoms with E-state index in [-0.39, 0.29) is 18.0 Å². The van der Waals surface area contributed by atoms with Crippen molar-refractivity contribution in [3.8, 4) is 5.75 Å². The molecule has 0 aromatic heterocycles. The highest BCUT2D eigenvalue weighted by Gasteiger charge is 2.15. The van der Waals surface area contributed by atoms with Crippen molar-refractivity contribution in [2.24, 2.45) is 0 Å². The van der Waals surface area contributed by atoms with Crippen LogP contribution in [0.3, 0.4) is 0 Å². The molecule has 0 aliphatic heterocycles. The first-order valence-electron chi connectivity index (χ1n) is 9.44. The van der Waals surface area contributed by atoms with Crippen LogP contribution in [0.25, 0.3) is 0 Å². The van der Waals surface area contributed by atoms with Gasteiger partial charge >= 0.3 is 5.97 Å². The first-order chi connectivity index (χ1) is 12.1. The summed E-state index contributed by atoms with van der Waals surface area (Å²) in [6.07, 6.45) is 5.50. The third kappa shape index (κ3) is 9.39. The van der Waals surface area contributed by atoms with Crippen molar-refractivity contribution in [1.82, 2.24) is 4.90 Å². The Balaban J connectivity index is 0.00000625. The third-order valence-corrected chi connectivity index (χ3v) is 3.97. The molecule has 0 atom stereocenters. The molecule has 0 radical (unpaired) electrons. The van der Waals surface area contributed by atoms with Crippen LogP contribution < -0.4 is 4.74 Å². The van der Waals surface area contributed by atoms with Crippen molar-refractivity contribution in [2.45, 2.75) is 52.9 Å². The lowest BCUT2D eigenvalue weighted by Gasteiger charge is -2.21. The lowest BCUT2D eigenvalue weighted by atomic mass is 10.2. The molecule has 1 rings (SSSR count). The molecule has 0 spiro atoms. The highest BCUT2D eigenvalue weighted by atomic mass is 35.5. The number of esters is 1. The topological polar surface area (TPSA) is 38.8 Å². The summed E-state index contributed by atoms with van der Waals surface area (Å²) in [5, 5.41) is 0. The van der Waals surface area contributed by atoms with Gasteiger partial charge in [0, 0.05) is 6.54 Å². The minimum atomic E-state index is -0.531. The fourth-order valence-electron chi connectivity index (χ4n) is 2.57. The van der Waals surface area contributed by atoms with Crippen molar-refractivity contribution in [3.63, 3.8) is 0 Å². The lowest BCUT2D eigenvalue weighted by Crippen LogP contribution is -2.28. The SMILES string of the molecule is CCCCN(CCCC)CCCOC(=O)c1cc(F)ccc1OCC.Cl. The molecule has 1 aromatic carbocycles. The molecule has 0 amide bonds. The molecule has 0 saturated heterocycles. The first kappa shape index (κ1) is 24.7. The van der Waals surface area contributed by atoms with E-state index in [1.165, 1.54) is 43.9 Å². The zero-order valence-corrected chi connectivity index (χ0v) is 17.1. The molecule has 0 bridgehead atoms. The molecule has 0 aliphatic carbocycles. The molecule has 4 nitrogen and oxygen atoms in total. The smallest absolute Gasteiger partial charge is 0.342 e. The van der Waals surface area contributed by atoms with Crippen LogP contribution in [0, 0.1) is 5.82 Å². The van der Waals surface area contributed by atoms with E-state index >= 15 is 0 Å². The zero-order chi connectivity index (χ0) is 18.5. The Morgan fingerprint density at radius 2 is 1.65 bits per heavy atom. The van der Waals surface area contributed by atoms with Crippen LogP contribution in [0.2, 0.25) is 0 Å². The molecule has 0 saturated carbocycles. The van der Waals surface area contributed by atoms with Crippen LogP contribution >= 0.6 is 12.4 Å². The fraction of sp³-hybridized carbons (Fsp3) is 0.650. The van der Waals surface area contributed by atoms with E-state index in [0.29, 0.717) is 19.0 Å². The third-order valence-electron chi connectivity index (χ3n) is 3.97. The summed E-state index contributed by atoms with van der Waals surface area (Å²) in [5.74, 6) is -0.640. The van der Waals surface area contributed by atoms with Gasteiger partial charge in [0.25, 0.3) is 0 Å². The number of hydrogen-bond donors (Lipinski definition) is 0. The number of hydrogen-bond acceptors (Lipinski definition) is 4. The summed E-state index contributed by atoms with van der Waals surface area (Å²) in [7, 11) is 0. The predicted molar refractivity (Wildman–Crippen MR) is 106 cm³/mol. The fourth-order valence-corrected chi connectivity index (χ4v) is 2.57. The molecule has 150 valence electrons. The Bertz CT molecular complexity index is 506. The van der Waals surface area contributed by atoms with Crippen molar-refractivity contribution in [2.75, 3.05) is 32.8 Å². The van der Waals surface area contributed by atoms with Crippen LogP contribution in [0.5, 0.6) is 5.75 Å². The normalized spacial score (nSPS) is 10.5. The molecular formula is C20H33ClFNO3. The molecular weight excluding hydrogens is 357 g/mol. The summed E-state index contributed by atoms with van der Waals surface area (Å²) >= 11 is 0. The molecule has 0 N–H and O–H groups in total. The molecule has 0 aliphatic rings. The number of unbranched alkanes of at least 4 members (excludes halogenated alkanes) is 2. The average Bonchev–Trinajstić information content (AvgIpc) is 2.61. The number of ether oxygens (including phenoxy) is 2. The second-order valence-corrected chi connectivity index (χ2v) is 6.11. The zero-order valence-electron chi connectivity index (χ0n) is 16.3. The van der Waals surface area contributed by atoms with E-state index in [4.69, 9.17) is 9.47 Å². The van der Waals surface area contributed by atoms with Crippen LogP contribution in [-0.4, -0.2) is 43.7 Å². The Labute approximate surface area is 163 Å². The van der Waals surface area contributed by atoms with Gasteiger partial charge in [-0.15, -0.1) is 12.4 Å². The number of rotatable bonds is 13. The van der Waals surface area contributed by atoms with Gasteiger partial charge < -0.3 is 14.4 Å². The van der Waals surface area contributed by atoms with Crippen LogP contribution in [0.4, 0.5) is 4.39 Å². The van der Waals surface area contributed by atoms with Gasteiger partial charge in [0.1, 0.15) is 17.1 Å². The molecule has 1 aromatic rings. The number of carbonyl (C=O) groups is 1. The average molecular weight is 390 g/mol. The van der Waals surface area contributed by atoms with E-state index in [0.717, 1.165) is 26.1 Å². The number of nitrogens with zero attached hydrogens (tertiary/aromatic N) is 1. The Kier molecular flexibility index (Phi) is 14.0. The molecule has 6 heteroatoms. The van der Waals surface area contributed by atoms with Gasteiger partial charge in [-0.3, -0.25) is 0 Å². The minimum Gasteiger partial charge on any atom is -0.493 e. The van der Waals surface area contributed by atoms with E-state index in [2.05, 4.69) is 18.7 Å². The van der Waals surface area contributed by atoms with Gasteiger partial charge in [0.2, 0.25) is 0 Å². The van der Waals surface area contributed by atoms with E-state index < -0.39 is 11.8 Å². The molecule has 0 unspecified atom stereocenters. The van der Waals surface area contributed by atoms with Gasteiger partial charge in [0.05, 0.1) is 13.2 Å². The number of carbonyl (C=O) groups excluding carboxylic acids is 1. The van der Waals surface area contributed by atoms with E-state index in [9.17, 15) is 9.18 Å². The van der Waals surface area contributed by atoms with Crippen molar-refractivity contribution >= 4 is 18.4 Å². The summed E-state index contributed by atoms with van der Waals surface area (Å²) < 4.78 is 24.1. The number of benzene rings is 1. The maximum absolute atomic E-state index is 13.4. The van der Waals surface area contributed by atoms with Crippen molar-refractivity contribution in [1.29, 1.82) is 0 Å². The van der Waals surface area contributed by atoms with Gasteiger partial charge in [-0.2, -0.15) is 0 Å². The highest BCUT2D eigenvalue weighted by molar-refractivity contribution is 5.92. The molecule has 0 fully saturated rings. The van der Waals surface area contributed by atoms with Gasteiger partial charge in [-0.25, -0.2) is 9.18 Å². The second kappa shape index (κ2) is 14.8. The maximum Gasteiger partial charge on any atom is 0.342 e. The summed E-state index contributed by atoms with van der Waals surface area (Å²) in [6, 6.07) is 3.91. The van der Waals surface area contributed by atoms with Crippen molar-refractivity contribution in [3.05, 3.63) is 29.6 Å². The molecule has 0 heterocycles. The van der Waals surface area contributed by atoms with Crippen LogP contribution in [0.1, 0.15) is 63.2 Å². The standard InChI is InChI=1S/C20H32FNO3.ClH/c1-4-7-12-22(13-8-5-2)14-9-15-25-20(23)18-16-17(21)10-11-19(18)24-6-3;/h10-11,16H,4-9,12-15H2,1-3H3;1H.